The van der Waals surface area contributed by atoms with Crippen molar-refractivity contribution >= 4 is 11.8 Å². The smallest absolute Gasteiger partial charge is 0.427 e. The van der Waals surface area contributed by atoms with Crippen LogP contribution in [0.4, 0.5) is 4.79 Å². The third kappa shape index (κ3) is 7.31. The highest BCUT2D eigenvalue weighted by atomic mass is 16.5. The summed E-state index contributed by atoms with van der Waals surface area (Å²) in [4.78, 5) is 10.8. The molecule has 0 fully saturated rings. The van der Waals surface area contributed by atoms with Gasteiger partial charge in [-0.2, -0.15) is 5.10 Å². The van der Waals surface area contributed by atoms with Crippen molar-refractivity contribution in [2.45, 2.75) is 40.0 Å². The lowest BCUT2D eigenvalue weighted by Crippen LogP contribution is -2.20. The second kappa shape index (κ2) is 7.58. The van der Waals surface area contributed by atoms with Crippen LogP contribution in [-0.2, 0) is 4.74 Å². The second-order valence-electron chi connectivity index (χ2n) is 2.78. The number of unbranched alkanes of at least 4 members (excludes halogenated alkanes) is 1. The number of carbonyl (C=O) groups excluding carboxylic acids is 1. The van der Waals surface area contributed by atoms with Gasteiger partial charge in [0.2, 0.25) is 0 Å². The number of carbonyl (C=O) groups is 1. The molecule has 4 nitrogen and oxygen atoms in total. The number of ether oxygens (including phenoxy) is 1. The summed E-state index contributed by atoms with van der Waals surface area (Å²) < 4.78 is 4.64. The van der Waals surface area contributed by atoms with E-state index in [2.05, 4.69) is 22.2 Å². The van der Waals surface area contributed by atoms with E-state index in [1.54, 1.807) is 6.92 Å². The molecule has 0 heterocycles. The monoisotopic (exact) mass is 186 g/mol. The molecule has 0 spiro atoms. The van der Waals surface area contributed by atoms with Gasteiger partial charge in [0, 0.05) is 5.71 Å². The molecular weight excluding hydrogens is 168 g/mol. The fraction of sp³-hybridized carbons (Fsp3) is 0.778. The number of amides is 1. The molecule has 0 aromatic carbocycles. The molecule has 0 rings (SSSR count). The van der Waals surface area contributed by atoms with E-state index in [1.165, 1.54) is 0 Å². The number of hydrogen-bond donors (Lipinski definition) is 1. The highest BCUT2D eigenvalue weighted by Gasteiger charge is 1.97. The second-order valence-corrected chi connectivity index (χ2v) is 2.78. The van der Waals surface area contributed by atoms with Gasteiger partial charge in [0.05, 0.1) is 6.61 Å². The molecule has 0 aliphatic carbocycles. The summed E-state index contributed by atoms with van der Waals surface area (Å²) in [6.45, 7) is 6.14. The predicted octanol–water partition coefficient (Wildman–Crippen LogP) is 2.30. The molecule has 0 atom stereocenters. The van der Waals surface area contributed by atoms with Gasteiger partial charge < -0.3 is 4.74 Å². The Labute approximate surface area is 79.3 Å². The minimum absolute atomic E-state index is 0.370. The van der Waals surface area contributed by atoms with E-state index in [0.717, 1.165) is 25.0 Å². The maximum Gasteiger partial charge on any atom is 0.427 e. The van der Waals surface area contributed by atoms with Crippen molar-refractivity contribution in [3.05, 3.63) is 0 Å². The summed E-state index contributed by atoms with van der Waals surface area (Å²) in [5, 5.41) is 3.87. The Bertz CT molecular complexity index is 178. The first-order valence-electron chi connectivity index (χ1n) is 4.66. The van der Waals surface area contributed by atoms with Crippen molar-refractivity contribution in [3.63, 3.8) is 0 Å². The molecule has 0 saturated carbocycles. The van der Waals surface area contributed by atoms with Gasteiger partial charge in [0.25, 0.3) is 0 Å². The molecule has 0 saturated heterocycles. The van der Waals surface area contributed by atoms with Crippen molar-refractivity contribution in [2.24, 2.45) is 5.10 Å². The molecule has 4 heteroatoms. The van der Waals surface area contributed by atoms with Gasteiger partial charge in [0.1, 0.15) is 0 Å². The van der Waals surface area contributed by atoms with Gasteiger partial charge in [0.15, 0.2) is 0 Å². The molecular formula is C9H18N2O2. The maximum atomic E-state index is 10.8. The fourth-order valence-corrected chi connectivity index (χ4v) is 0.793. The van der Waals surface area contributed by atoms with Crippen LogP contribution in [0, 0.1) is 0 Å². The zero-order valence-electron chi connectivity index (χ0n) is 8.59. The van der Waals surface area contributed by atoms with Crippen LogP contribution in [0.1, 0.15) is 40.0 Å². The van der Waals surface area contributed by atoms with Crippen LogP contribution >= 0.6 is 0 Å². The van der Waals surface area contributed by atoms with Gasteiger partial charge in [-0.3, -0.25) is 0 Å². The Balaban J connectivity index is 3.62. The Hall–Kier alpha value is -1.06. The Morgan fingerprint density at radius 1 is 1.46 bits per heavy atom. The van der Waals surface area contributed by atoms with Crippen molar-refractivity contribution in [1.82, 2.24) is 5.43 Å². The lowest BCUT2D eigenvalue weighted by Gasteiger charge is -2.01. The molecule has 0 radical (unpaired) electrons. The summed E-state index contributed by atoms with van der Waals surface area (Å²) in [6.07, 6.45) is 2.66. The van der Waals surface area contributed by atoms with Gasteiger partial charge in [-0.15, -0.1) is 0 Å². The Morgan fingerprint density at radius 2 is 2.15 bits per heavy atom. The van der Waals surface area contributed by atoms with Crippen LogP contribution in [0.3, 0.4) is 0 Å². The summed E-state index contributed by atoms with van der Waals surface area (Å²) in [7, 11) is 0. The van der Waals surface area contributed by atoms with E-state index < -0.39 is 6.09 Å². The van der Waals surface area contributed by atoms with Crippen molar-refractivity contribution in [3.8, 4) is 0 Å². The Kier molecular flexibility index (Phi) is 6.96. The molecule has 0 aromatic heterocycles. The van der Waals surface area contributed by atoms with E-state index in [4.69, 9.17) is 0 Å². The lowest BCUT2D eigenvalue weighted by atomic mass is 10.2. The summed E-state index contributed by atoms with van der Waals surface area (Å²) in [5.74, 6) is 0. The fourth-order valence-electron chi connectivity index (χ4n) is 0.793. The average Bonchev–Trinajstić information content (AvgIpc) is 2.12. The molecule has 0 aromatic rings. The topological polar surface area (TPSA) is 50.7 Å². The van der Waals surface area contributed by atoms with Crippen molar-refractivity contribution < 1.29 is 9.53 Å². The van der Waals surface area contributed by atoms with E-state index in [1.807, 2.05) is 6.92 Å². The standard InChI is InChI=1S/C9H18N2O2/c1-4-6-7-8(3)10-11-9(12)13-5-2/h4-7H2,1-3H3,(H,11,12). The van der Waals surface area contributed by atoms with E-state index in [0.29, 0.717) is 6.61 Å². The highest BCUT2D eigenvalue weighted by molar-refractivity contribution is 5.83. The minimum atomic E-state index is -0.488. The van der Waals surface area contributed by atoms with Gasteiger partial charge >= 0.3 is 6.09 Å². The molecule has 0 bridgehead atoms. The van der Waals surface area contributed by atoms with E-state index in [9.17, 15) is 4.79 Å². The van der Waals surface area contributed by atoms with Crippen LogP contribution in [0.15, 0.2) is 5.10 Å². The van der Waals surface area contributed by atoms with E-state index in [-0.39, 0.29) is 0 Å². The number of hydrazone groups is 1. The predicted molar refractivity (Wildman–Crippen MR) is 52.8 cm³/mol. The first-order chi connectivity index (χ1) is 6.20. The maximum absolute atomic E-state index is 10.8. The van der Waals surface area contributed by atoms with E-state index >= 15 is 0 Å². The summed E-state index contributed by atoms with van der Waals surface area (Å²) in [6, 6.07) is 0. The van der Waals surface area contributed by atoms with Gasteiger partial charge in [-0.25, -0.2) is 10.2 Å². The molecule has 13 heavy (non-hydrogen) atoms. The molecule has 0 aliphatic heterocycles. The third-order valence-corrected chi connectivity index (χ3v) is 1.51. The average molecular weight is 186 g/mol. The molecule has 76 valence electrons. The highest BCUT2D eigenvalue weighted by Crippen LogP contribution is 1.95. The largest absolute Gasteiger partial charge is 0.449 e. The molecule has 0 aliphatic rings. The number of hydrogen-bond acceptors (Lipinski definition) is 3. The van der Waals surface area contributed by atoms with Crippen LogP contribution in [0.2, 0.25) is 0 Å². The third-order valence-electron chi connectivity index (χ3n) is 1.51. The van der Waals surface area contributed by atoms with Gasteiger partial charge in [-0.1, -0.05) is 13.3 Å². The van der Waals surface area contributed by atoms with Crippen LogP contribution in [-0.4, -0.2) is 18.4 Å². The SMILES string of the molecule is CCCCC(C)=NNC(=O)OCC. The molecule has 0 unspecified atom stereocenters. The zero-order valence-corrected chi connectivity index (χ0v) is 8.59. The first kappa shape index (κ1) is 11.9. The lowest BCUT2D eigenvalue weighted by molar-refractivity contribution is 0.152. The van der Waals surface area contributed by atoms with Gasteiger partial charge in [-0.05, 0) is 26.7 Å². The quantitative estimate of drug-likeness (QED) is 0.529. The zero-order chi connectivity index (χ0) is 10.1. The summed E-state index contributed by atoms with van der Waals surface area (Å²) in [5.41, 5.74) is 3.24. The normalized spacial score (nSPS) is 11.2. The first-order valence-corrected chi connectivity index (χ1v) is 4.66. The van der Waals surface area contributed by atoms with Crippen LogP contribution in [0.25, 0.3) is 0 Å². The number of nitrogens with one attached hydrogen (secondary N) is 1. The summed E-state index contributed by atoms with van der Waals surface area (Å²) >= 11 is 0. The van der Waals surface area contributed by atoms with Crippen molar-refractivity contribution in [2.75, 3.05) is 6.61 Å². The molecule has 1 N–H and O–H groups in total. The Morgan fingerprint density at radius 3 is 2.69 bits per heavy atom. The van der Waals surface area contributed by atoms with Crippen LogP contribution in [0.5, 0.6) is 0 Å². The van der Waals surface area contributed by atoms with Crippen molar-refractivity contribution in [1.29, 1.82) is 0 Å². The number of nitrogens with zero attached hydrogens (tertiary/aromatic N) is 1. The van der Waals surface area contributed by atoms with Crippen LogP contribution < -0.4 is 5.43 Å². The molecule has 1 amide bonds. The number of rotatable bonds is 5. The minimum Gasteiger partial charge on any atom is -0.449 e.